The Bertz CT molecular complexity index is 640. The summed E-state index contributed by atoms with van der Waals surface area (Å²) in [6.45, 7) is 2.51. The molecule has 0 amide bonds. The molecular weight excluding hydrogens is 233 g/mol. The van der Waals surface area contributed by atoms with Crippen molar-refractivity contribution in [2.45, 2.75) is 13.5 Å². The van der Waals surface area contributed by atoms with Crippen LogP contribution in [0.5, 0.6) is 0 Å². The van der Waals surface area contributed by atoms with E-state index in [0.717, 1.165) is 6.07 Å². The quantitative estimate of drug-likeness (QED) is 0.776. The number of aromatic nitrogens is 2. The van der Waals surface area contributed by atoms with Crippen molar-refractivity contribution in [1.29, 1.82) is 5.26 Å². The third-order valence-electron chi connectivity index (χ3n) is 2.63. The molecule has 1 aromatic heterocycles. The first kappa shape index (κ1) is 12.0. The summed E-state index contributed by atoms with van der Waals surface area (Å²) in [4.78, 5) is 16.1. The molecule has 4 nitrogen and oxygen atoms in total. The number of benzene rings is 1. The van der Waals surface area contributed by atoms with Crippen LogP contribution in [-0.2, 0) is 6.54 Å². The highest BCUT2D eigenvalue weighted by atomic mass is 19.1. The summed E-state index contributed by atoms with van der Waals surface area (Å²) in [6.07, 6.45) is 3.02. The molecule has 0 atom stereocenters. The molecule has 1 heterocycles. The largest absolute Gasteiger partial charge is 0.328 e. The fourth-order valence-corrected chi connectivity index (χ4v) is 1.66. The average Bonchev–Trinajstić information content (AvgIpc) is 2.86. The topological polar surface area (TPSA) is 58.7 Å². The highest BCUT2D eigenvalue weighted by Gasteiger charge is 2.15. The zero-order valence-electron chi connectivity index (χ0n) is 9.72. The summed E-state index contributed by atoms with van der Waals surface area (Å²) >= 11 is 0. The van der Waals surface area contributed by atoms with E-state index >= 15 is 0 Å². The fourth-order valence-electron chi connectivity index (χ4n) is 1.66. The highest BCUT2D eigenvalue weighted by molar-refractivity contribution is 6.07. The molecule has 0 unspecified atom stereocenters. The molecule has 0 radical (unpaired) electrons. The van der Waals surface area contributed by atoms with Crippen molar-refractivity contribution in [1.82, 2.24) is 9.55 Å². The van der Waals surface area contributed by atoms with Crippen molar-refractivity contribution < 1.29 is 9.18 Å². The lowest BCUT2D eigenvalue weighted by molar-refractivity contribution is 0.103. The molecule has 0 saturated carbocycles. The van der Waals surface area contributed by atoms with E-state index in [1.165, 1.54) is 18.3 Å². The minimum absolute atomic E-state index is 0.136. The lowest BCUT2D eigenvalue weighted by Crippen LogP contribution is -2.09. The van der Waals surface area contributed by atoms with Gasteiger partial charge in [-0.15, -0.1) is 0 Å². The van der Waals surface area contributed by atoms with E-state index in [9.17, 15) is 9.18 Å². The molecule has 0 saturated heterocycles. The Kier molecular flexibility index (Phi) is 3.20. The second kappa shape index (κ2) is 4.80. The number of nitriles is 1. The maximum absolute atomic E-state index is 13.2. The van der Waals surface area contributed by atoms with E-state index in [-0.39, 0.29) is 16.9 Å². The van der Waals surface area contributed by atoms with Crippen LogP contribution < -0.4 is 0 Å². The Balaban J connectivity index is 2.44. The molecule has 0 bridgehead atoms. The van der Waals surface area contributed by atoms with Gasteiger partial charge < -0.3 is 4.57 Å². The van der Waals surface area contributed by atoms with Crippen LogP contribution in [0, 0.1) is 17.1 Å². The number of ketones is 1. The number of rotatable bonds is 3. The maximum atomic E-state index is 13.2. The molecule has 1 aromatic carbocycles. The molecular formula is C13H10FN3O. The van der Waals surface area contributed by atoms with E-state index in [4.69, 9.17) is 5.26 Å². The van der Waals surface area contributed by atoms with Crippen molar-refractivity contribution in [2.24, 2.45) is 0 Å². The summed E-state index contributed by atoms with van der Waals surface area (Å²) in [6, 6.07) is 5.46. The third-order valence-corrected chi connectivity index (χ3v) is 2.63. The zero-order valence-corrected chi connectivity index (χ0v) is 9.72. The van der Waals surface area contributed by atoms with Gasteiger partial charge in [-0.05, 0) is 25.1 Å². The number of hydrogen-bond acceptors (Lipinski definition) is 3. The average molecular weight is 243 g/mol. The van der Waals surface area contributed by atoms with Gasteiger partial charge in [-0.3, -0.25) is 4.79 Å². The summed E-state index contributed by atoms with van der Waals surface area (Å²) in [5.74, 6) is -0.899. The van der Waals surface area contributed by atoms with Crippen molar-refractivity contribution in [2.75, 3.05) is 0 Å². The van der Waals surface area contributed by atoms with Crippen LogP contribution in [0.15, 0.2) is 30.7 Å². The van der Waals surface area contributed by atoms with Crippen LogP contribution in [0.25, 0.3) is 0 Å². The predicted octanol–water partition coefficient (Wildman–Crippen LogP) is 2.14. The van der Waals surface area contributed by atoms with Crippen LogP contribution in [0.2, 0.25) is 0 Å². The van der Waals surface area contributed by atoms with Gasteiger partial charge >= 0.3 is 0 Å². The van der Waals surface area contributed by atoms with Crippen LogP contribution in [0.3, 0.4) is 0 Å². The molecule has 5 heteroatoms. The maximum Gasteiger partial charge on any atom is 0.211 e. The number of carbonyl (C=O) groups excluding carboxylic acids is 1. The monoisotopic (exact) mass is 243 g/mol. The van der Waals surface area contributed by atoms with E-state index in [0.29, 0.717) is 12.2 Å². The summed E-state index contributed by atoms with van der Waals surface area (Å²) < 4.78 is 14.9. The van der Waals surface area contributed by atoms with Crippen LogP contribution >= 0.6 is 0 Å². The van der Waals surface area contributed by atoms with Gasteiger partial charge in [-0.1, -0.05) is 0 Å². The molecule has 90 valence electrons. The van der Waals surface area contributed by atoms with Gasteiger partial charge in [0.25, 0.3) is 0 Å². The number of aryl methyl sites for hydroxylation is 1. The second-order valence-electron chi connectivity index (χ2n) is 3.70. The van der Waals surface area contributed by atoms with E-state index in [1.807, 2.05) is 6.92 Å². The van der Waals surface area contributed by atoms with Gasteiger partial charge in [0.1, 0.15) is 17.6 Å². The number of imidazole rings is 1. The van der Waals surface area contributed by atoms with Crippen LogP contribution in [-0.4, -0.2) is 15.3 Å². The van der Waals surface area contributed by atoms with Crippen LogP contribution in [0.4, 0.5) is 4.39 Å². The molecule has 0 fully saturated rings. The molecule has 0 N–H and O–H groups in total. The summed E-state index contributed by atoms with van der Waals surface area (Å²) in [5.41, 5.74) is 0.569. The number of hydrogen-bond donors (Lipinski definition) is 0. The standard InChI is InChI=1S/C13H10FN3O/c1-2-17-8-16-7-12(17)13(18)9-3-4-11(14)10(5-9)6-15/h3-5,7-8H,2H2,1H3. The molecule has 0 aliphatic rings. The Morgan fingerprint density at radius 1 is 1.56 bits per heavy atom. The lowest BCUT2D eigenvalue weighted by atomic mass is 10.1. The summed E-state index contributed by atoms with van der Waals surface area (Å²) in [5, 5.41) is 8.74. The molecule has 0 spiro atoms. The normalized spacial score (nSPS) is 10.1. The molecule has 18 heavy (non-hydrogen) atoms. The summed E-state index contributed by atoms with van der Waals surface area (Å²) in [7, 11) is 0. The lowest BCUT2D eigenvalue weighted by Gasteiger charge is -2.04. The second-order valence-corrected chi connectivity index (χ2v) is 3.70. The molecule has 0 aliphatic carbocycles. The molecule has 0 aliphatic heterocycles. The highest BCUT2D eigenvalue weighted by Crippen LogP contribution is 2.14. The van der Waals surface area contributed by atoms with Crippen molar-refractivity contribution in [3.63, 3.8) is 0 Å². The number of halogens is 1. The van der Waals surface area contributed by atoms with E-state index < -0.39 is 5.82 Å². The first-order valence-electron chi connectivity index (χ1n) is 5.41. The third kappa shape index (κ3) is 2.00. The van der Waals surface area contributed by atoms with Crippen LogP contribution in [0.1, 0.15) is 28.5 Å². The van der Waals surface area contributed by atoms with Gasteiger partial charge in [-0.25, -0.2) is 9.37 Å². The minimum atomic E-state index is -0.627. The Morgan fingerprint density at radius 3 is 3.00 bits per heavy atom. The Morgan fingerprint density at radius 2 is 2.33 bits per heavy atom. The predicted molar refractivity (Wildman–Crippen MR) is 62.4 cm³/mol. The fraction of sp³-hybridized carbons (Fsp3) is 0.154. The first-order chi connectivity index (χ1) is 8.67. The molecule has 2 aromatic rings. The van der Waals surface area contributed by atoms with Crippen molar-refractivity contribution >= 4 is 5.78 Å². The van der Waals surface area contributed by atoms with Gasteiger partial charge in [0.15, 0.2) is 0 Å². The van der Waals surface area contributed by atoms with Crippen molar-refractivity contribution in [3.05, 3.63) is 53.4 Å². The van der Waals surface area contributed by atoms with Crippen molar-refractivity contribution in [3.8, 4) is 6.07 Å². The minimum Gasteiger partial charge on any atom is -0.328 e. The van der Waals surface area contributed by atoms with Gasteiger partial charge in [0, 0.05) is 12.1 Å². The Hall–Kier alpha value is -2.48. The van der Waals surface area contributed by atoms with Gasteiger partial charge in [0.05, 0.1) is 18.1 Å². The number of carbonyl (C=O) groups is 1. The van der Waals surface area contributed by atoms with Gasteiger partial charge in [-0.2, -0.15) is 5.26 Å². The Labute approximate surface area is 103 Å². The first-order valence-corrected chi connectivity index (χ1v) is 5.41. The zero-order chi connectivity index (χ0) is 13.1. The number of nitrogens with zero attached hydrogens (tertiary/aromatic N) is 3. The SMILES string of the molecule is CCn1cncc1C(=O)c1ccc(F)c(C#N)c1. The molecule has 2 rings (SSSR count). The van der Waals surface area contributed by atoms with Gasteiger partial charge in [0.2, 0.25) is 5.78 Å². The van der Waals surface area contributed by atoms with E-state index in [1.54, 1.807) is 17.0 Å². The van der Waals surface area contributed by atoms with E-state index in [2.05, 4.69) is 4.98 Å². The smallest absolute Gasteiger partial charge is 0.211 e.